The van der Waals surface area contributed by atoms with Crippen LogP contribution in [0.2, 0.25) is 5.02 Å². The first-order valence-electron chi connectivity index (χ1n) is 20.8. The van der Waals surface area contributed by atoms with E-state index in [4.69, 9.17) is 49.9 Å². The molecule has 0 radical (unpaired) electrons. The SMILES string of the molecule is COCCN(CCOCCOCCOCCOCCOCCOCc1cccc(C(=O)Nc2sc3c(c2C(=O)N/N=C/c2ccc(Cl)c(C(F)(F)F)c2)CCC(C)(C)C3)c1)CC(=O)O. The monoisotopic (exact) mass is 942 g/mol. The van der Waals surface area contributed by atoms with Gasteiger partial charge in [-0.25, -0.2) is 5.43 Å². The summed E-state index contributed by atoms with van der Waals surface area (Å²) in [7, 11) is 1.57. The van der Waals surface area contributed by atoms with Crippen molar-refractivity contribution in [2.24, 2.45) is 10.5 Å². The first kappa shape index (κ1) is 52.6. The number of rotatable bonds is 30. The second-order valence-electron chi connectivity index (χ2n) is 15.4. The zero-order valence-electron chi connectivity index (χ0n) is 36.4. The quantitative estimate of drug-likeness (QED) is 0.0373. The van der Waals surface area contributed by atoms with Crippen molar-refractivity contribution in [2.45, 2.75) is 45.9 Å². The van der Waals surface area contributed by atoms with Crippen LogP contribution in [0.4, 0.5) is 18.2 Å². The number of thiophene rings is 1. The Bertz CT molecular complexity index is 1970. The van der Waals surface area contributed by atoms with Crippen molar-refractivity contribution in [3.8, 4) is 0 Å². The van der Waals surface area contributed by atoms with Crippen LogP contribution in [0.15, 0.2) is 47.6 Å². The molecular weight excluding hydrogens is 885 g/mol. The number of benzene rings is 2. The Kier molecular flexibility index (Phi) is 22.6. The molecule has 2 amide bonds. The molecule has 0 saturated carbocycles. The Morgan fingerprint density at radius 3 is 2.08 bits per heavy atom. The highest BCUT2D eigenvalue weighted by Crippen LogP contribution is 2.44. The summed E-state index contributed by atoms with van der Waals surface area (Å²) in [6, 6.07) is 10.3. The number of carboxylic acids is 1. The van der Waals surface area contributed by atoms with Gasteiger partial charge < -0.3 is 43.6 Å². The molecule has 20 heteroatoms. The fourth-order valence-electron chi connectivity index (χ4n) is 6.44. The van der Waals surface area contributed by atoms with E-state index >= 15 is 0 Å². The van der Waals surface area contributed by atoms with Gasteiger partial charge in [-0.1, -0.05) is 43.6 Å². The number of ether oxygens (including phenoxy) is 7. The molecule has 0 aliphatic heterocycles. The highest BCUT2D eigenvalue weighted by atomic mass is 35.5. The molecule has 1 aliphatic carbocycles. The van der Waals surface area contributed by atoms with Gasteiger partial charge in [0, 0.05) is 30.6 Å². The lowest BCUT2D eigenvalue weighted by Crippen LogP contribution is -2.35. The summed E-state index contributed by atoms with van der Waals surface area (Å²) in [5.74, 6) is -1.90. The topological polar surface area (TPSA) is 176 Å². The molecule has 0 unspecified atom stereocenters. The minimum Gasteiger partial charge on any atom is -0.480 e. The van der Waals surface area contributed by atoms with Crippen molar-refractivity contribution in [2.75, 3.05) is 111 Å². The van der Waals surface area contributed by atoms with E-state index < -0.39 is 34.5 Å². The molecule has 0 bridgehead atoms. The maximum Gasteiger partial charge on any atom is 0.417 e. The number of aliphatic carboxylic acids is 1. The van der Waals surface area contributed by atoms with Gasteiger partial charge in [0.2, 0.25) is 0 Å². The Balaban J connectivity index is 1.10. The number of nitrogens with zero attached hydrogens (tertiary/aromatic N) is 2. The van der Waals surface area contributed by atoms with Crippen molar-refractivity contribution in [1.29, 1.82) is 0 Å². The van der Waals surface area contributed by atoms with Crippen molar-refractivity contribution in [3.05, 3.63) is 85.7 Å². The number of methoxy groups -OCH3 is 1. The lowest BCUT2D eigenvalue weighted by molar-refractivity contribution is -0.139. The lowest BCUT2D eigenvalue weighted by atomic mass is 9.77. The number of halogens is 4. The fraction of sp³-hybridized carbons (Fsp3) is 0.545. The largest absolute Gasteiger partial charge is 0.480 e. The smallest absolute Gasteiger partial charge is 0.417 e. The van der Waals surface area contributed by atoms with E-state index in [-0.39, 0.29) is 29.7 Å². The van der Waals surface area contributed by atoms with Crippen LogP contribution < -0.4 is 10.7 Å². The molecule has 1 aromatic heterocycles. The maximum absolute atomic E-state index is 13.6. The third-order valence-corrected chi connectivity index (χ3v) is 11.2. The molecule has 0 atom stereocenters. The van der Waals surface area contributed by atoms with Gasteiger partial charge in [-0.2, -0.15) is 18.3 Å². The van der Waals surface area contributed by atoms with Crippen LogP contribution in [0.5, 0.6) is 0 Å². The number of hydrogen-bond donors (Lipinski definition) is 3. The van der Waals surface area contributed by atoms with Gasteiger partial charge in [0.25, 0.3) is 11.8 Å². The number of carbonyl (C=O) groups excluding carboxylic acids is 2. The van der Waals surface area contributed by atoms with Crippen molar-refractivity contribution in [3.63, 3.8) is 0 Å². The van der Waals surface area contributed by atoms with Gasteiger partial charge in [-0.3, -0.25) is 19.3 Å². The van der Waals surface area contributed by atoms with Gasteiger partial charge >= 0.3 is 12.1 Å². The van der Waals surface area contributed by atoms with Crippen LogP contribution in [0.3, 0.4) is 0 Å². The van der Waals surface area contributed by atoms with E-state index in [9.17, 15) is 27.6 Å². The Morgan fingerprint density at radius 2 is 1.47 bits per heavy atom. The summed E-state index contributed by atoms with van der Waals surface area (Å²) in [4.78, 5) is 40.8. The van der Waals surface area contributed by atoms with Crippen LogP contribution in [0.25, 0.3) is 0 Å². The zero-order chi connectivity index (χ0) is 46.4. The van der Waals surface area contributed by atoms with Gasteiger partial charge in [-0.05, 0) is 65.6 Å². The average Bonchev–Trinajstić information content (AvgIpc) is 3.59. The standard InChI is InChI=1S/C44H58ClF3N4O11S/c1-43(2)10-9-34-37(27-43)64-42(39(34)41(56)51-49-28-31-7-8-36(45)35(26-31)44(46,47)48)50-40(55)33-6-4-5-32(25-33)30-63-24-23-62-22-21-61-20-19-60-18-17-59-16-15-58-14-12-52(11-13-57-3)29-38(53)54/h4-8,25-26,28H,9-24,27,29-30H2,1-3H3,(H,50,55)(H,51,56)(H,53,54)/b49-28+. The molecular formula is C44H58ClF3N4O11S. The number of anilines is 1. The van der Waals surface area contributed by atoms with E-state index in [1.54, 1.807) is 30.2 Å². The van der Waals surface area contributed by atoms with E-state index in [0.29, 0.717) is 116 Å². The third-order valence-electron chi connectivity index (χ3n) is 9.75. The maximum atomic E-state index is 13.6. The minimum absolute atomic E-state index is 0.00133. The summed E-state index contributed by atoms with van der Waals surface area (Å²) >= 11 is 7.06. The predicted octanol–water partition coefficient (Wildman–Crippen LogP) is 6.58. The summed E-state index contributed by atoms with van der Waals surface area (Å²) in [5.41, 5.74) is 3.73. The number of hydrogen-bond acceptors (Lipinski definition) is 13. The summed E-state index contributed by atoms with van der Waals surface area (Å²) in [6.45, 7) is 10.2. The number of carbonyl (C=O) groups is 3. The molecule has 15 nitrogen and oxygen atoms in total. The lowest BCUT2D eigenvalue weighted by Gasteiger charge is -2.29. The van der Waals surface area contributed by atoms with Crippen molar-refractivity contribution < 1.29 is 65.8 Å². The van der Waals surface area contributed by atoms with Crippen LogP contribution in [-0.4, -0.2) is 140 Å². The second-order valence-corrected chi connectivity index (χ2v) is 16.9. The summed E-state index contributed by atoms with van der Waals surface area (Å²) in [5, 5.41) is 15.7. The van der Waals surface area contributed by atoms with E-state index in [1.807, 2.05) is 6.07 Å². The Labute approximate surface area is 380 Å². The molecule has 0 fully saturated rings. The molecule has 1 aliphatic rings. The highest BCUT2D eigenvalue weighted by molar-refractivity contribution is 7.17. The molecule has 354 valence electrons. The number of amides is 2. The zero-order valence-corrected chi connectivity index (χ0v) is 38.0. The van der Waals surface area contributed by atoms with Crippen LogP contribution >= 0.6 is 22.9 Å². The van der Waals surface area contributed by atoms with Crippen LogP contribution in [0.1, 0.15) is 68.1 Å². The first-order chi connectivity index (χ1) is 30.7. The first-order valence-corrected chi connectivity index (χ1v) is 22.0. The molecule has 0 spiro atoms. The molecule has 3 N–H and O–H groups in total. The third kappa shape index (κ3) is 18.8. The fourth-order valence-corrected chi connectivity index (χ4v) is 8.16. The van der Waals surface area contributed by atoms with E-state index in [1.165, 1.54) is 17.4 Å². The molecule has 64 heavy (non-hydrogen) atoms. The Hall–Kier alpha value is -4.02. The number of carboxylic acid groups (broad SMARTS) is 1. The van der Waals surface area contributed by atoms with E-state index in [0.717, 1.165) is 40.8 Å². The summed E-state index contributed by atoms with van der Waals surface area (Å²) < 4.78 is 78.4. The van der Waals surface area contributed by atoms with Gasteiger partial charge in [0.15, 0.2) is 0 Å². The molecule has 1 heterocycles. The van der Waals surface area contributed by atoms with E-state index in [2.05, 4.69) is 29.7 Å². The molecule has 4 rings (SSSR count). The molecule has 2 aromatic carbocycles. The number of hydrazone groups is 1. The van der Waals surface area contributed by atoms with Crippen LogP contribution in [-0.2, 0) is 63.6 Å². The van der Waals surface area contributed by atoms with Crippen LogP contribution in [0, 0.1) is 5.41 Å². The number of alkyl halides is 3. The second kappa shape index (κ2) is 27.5. The molecule has 3 aromatic rings. The van der Waals surface area contributed by atoms with Crippen molar-refractivity contribution in [1.82, 2.24) is 10.3 Å². The Morgan fingerprint density at radius 1 is 0.859 bits per heavy atom. The average molecular weight is 943 g/mol. The summed E-state index contributed by atoms with van der Waals surface area (Å²) in [6.07, 6.45) is -1.40. The normalized spacial score (nSPS) is 13.7. The van der Waals surface area contributed by atoms with Gasteiger partial charge in [0.1, 0.15) is 5.00 Å². The number of fused-ring (bicyclic) bond motifs is 1. The predicted molar refractivity (Wildman–Crippen MR) is 236 cm³/mol. The van der Waals surface area contributed by atoms with Crippen molar-refractivity contribution >= 4 is 51.9 Å². The van der Waals surface area contributed by atoms with Gasteiger partial charge in [0.05, 0.1) is 115 Å². The highest BCUT2D eigenvalue weighted by Gasteiger charge is 2.34. The minimum atomic E-state index is -4.65. The van der Waals surface area contributed by atoms with Gasteiger partial charge in [-0.15, -0.1) is 11.3 Å². The number of nitrogens with one attached hydrogen (secondary N) is 2. The molecule has 0 saturated heterocycles.